The molecule has 0 atom stereocenters. The molecule has 5 heteroatoms. The van der Waals surface area contributed by atoms with Gasteiger partial charge in [-0.2, -0.15) is 0 Å². The number of rotatable bonds is 3. The van der Waals surface area contributed by atoms with Crippen molar-refractivity contribution in [1.29, 1.82) is 0 Å². The lowest BCUT2D eigenvalue weighted by molar-refractivity contribution is 0.0697. The lowest BCUT2D eigenvalue weighted by Crippen LogP contribution is -1.95. The summed E-state index contributed by atoms with van der Waals surface area (Å²) >= 11 is 3.16. The van der Waals surface area contributed by atoms with Gasteiger partial charge < -0.3 is 9.84 Å². The van der Waals surface area contributed by atoms with Gasteiger partial charge in [0.2, 0.25) is 0 Å². The van der Waals surface area contributed by atoms with Crippen LogP contribution in [0.25, 0.3) is 0 Å². The van der Waals surface area contributed by atoms with E-state index in [2.05, 4.69) is 15.9 Å². The Hall–Kier alpha value is -1.88. The van der Waals surface area contributed by atoms with Crippen molar-refractivity contribution >= 4 is 21.9 Å². The highest BCUT2D eigenvalue weighted by atomic mass is 79.9. The van der Waals surface area contributed by atoms with Crippen LogP contribution in [0.1, 0.15) is 10.4 Å². The zero-order valence-corrected chi connectivity index (χ0v) is 10.6. The molecular formula is C13H8BrFO3. The molecule has 1 N–H and O–H groups in total. The van der Waals surface area contributed by atoms with Gasteiger partial charge in [-0.05, 0) is 36.4 Å². The largest absolute Gasteiger partial charge is 0.478 e. The quantitative estimate of drug-likeness (QED) is 0.929. The molecule has 0 bridgehead atoms. The third-order valence-electron chi connectivity index (χ3n) is 2.17. The monoisotopic (exact) mass is 310 g/mol. The predicted molar refractivity (Wildman–Crippen MR) is 67.6 cm³/mol. The first kappa shape index (κ1) is 12.6. The second kappa shape index (κ2) is 5.18. The molecule has 0 spiro atoms. The summed E-state index contributed by atoms with van der Waals surface area (Å²) in [4.78, 5) is 10.7. The van der Waals surface area contributed by atoms with Crippen LogP contribution in [0.2, 0.25) is 0 Å². The van der Waals surface area contributed by atoms with E-state index < -0.39 is 11.8 Å². The van der Waals surface area contributed by atoms with Crippen molar-refractivity contribution in [1.82, 2.24) is 0 Å². The lowest BCUT2D eigenvalue weighted by atomic mass is 10.2. The first-order valence-corrected chi connectivity index (χ1v) is 5.81. The van der Waals surface area contributed by atoms with Crippen LogP contribution < -0.4 is 4.74 Å². The molecule has 0 fully saturated rings. The second-order valence-corrected chi connectivity index (χ2v) is 4.45. The average Bonchev–Trinajstić information content (AvgIpc) is 2.28. The molecule has 18 heavy (non-hydrogen) atoms. The van der Waals surface area contributed by atoms with Gasteiger partial charge in [0, 0.05) is 10.5 Å². The SMILES string of the molecule is O=C(O)c1ccc(Oc2cc(F)cc(Br)c2)cc1. The van der Waals surface area contributed by atoms with Crippen LogP contribution in [0.5, 0.6) is 11.5 Å². The highest BCUT2D eigenvalue weighted by molar-refractivity contribution is 9.10. The van der Waals surface area contributed by atoms with E-state index in [0.29, 0.717) is 16.0 Å². The highest BCUT2D eigenvalue weighted by Crippen LogP contribution is 2.26. The molecule has 92 valence electrons. The summed E-state index contributed by atoms with van der Waals surface area (Å²) in [6.07, 6.45) is 0. The van der Waals surface area contributed by atoms with Gasteiger partial charge in [0.05, 0.1) is 5.56 Å². The Morgan fingerprint density at radius 2 is 1.78 bits per heavy atom. The van der Waals surface area contributed by atoms with E-state index in [-0.39, 0.29) is 5.56 Å². The molecule has 2 aromatic carbocycles. The average molecular weight is 311 g/mol. The first-order chi connectivity index (χ1) is 8.54. The van der Waals surface area contributed by atoms with Crippen molar-refractivity contribution in [2.24, 2.45) is 0 Å². The summed E-state index contributed by atoms with van der Waals surface area (Å²) < 4.78 is 19.1. The maximum absolute atomic E-state index is 13.1. The van der Waals surface area contributed by atoms with Gasteiger partial charge in [0.1, 0.15) is 17.3 Å². The standard InChI is InChI=1S/C13H8BrFO3/c14-9-5-10(15)7-12(6-9)18-11-3-1-8(2-4-11)13(16)17/h1-7H,(H,16,17). The molecule has 0 saturated carbocycles. The molecule has 0 heterocycles. The minimum Gasteiger partial charge on any atom is -0.478 e. The van der Waals surface area contributed by atoms with Crippen molar-refractivity contribution in [2.45, 2.75) is 0 Å². The Balaban J connectivity index is 2.20. The fourth-order valence-corrected chi connectivity index (χ4v) is 1.83. The van der Waals surface area contributed by atoms with E-state index in [1.807, 2.05) is 0 Å². The van der Waals surface area contributed by atoms with E-state index in [9.17, 15) is 9.18 Å². The van der Waals surface area contributed by atoms with Crippen LogP contribution in [-0.4, -0.2) is 11.1 Å². The topological polar surface area (TPSA) is 46.5 Å². The maximum atomic E-state index is 13.1. The van der Waals surface area contributed by atoms with E-state index in [0.717, 1.165) is 0 Å². The van der Waals surface area contributed by atoms with Crippen molar-refractivity contribution in [3.63, 3.8) is 0 Å². The predicted octanol–water partition coefficient (Wildman–Crippen LogP) is 4.08. The van der Waals surface area contributed by atoms with Crippen LogP contribution >= 0.6 is 15.9 Å². The highest BCUT2D eigenvalue weighted by Gasteiger charge is 2.04. The zero-order valence-electron chi connectivity index (χ0n) is 9.06. The normalized spacial score (nSPS) is 10.1. The molecule has 0 unspecified atom stereocenters. The van der Waals surface area contributed by atoms with Gasteiger partial charge in [0.25, 0.3) is 0 Å². The van der Waals surface area contributed by atoms with Crippen molar-refractivity contribution < 1.29 is 19.0 Å². The summed E-state index contributed by atoms with van der Waals surface area (Å²) in [5.41, 5.74) is 0.169. The number of ether oxygens (including phenoxy) is 1. The van der Waals surface area contributed by atoms with Gasteiger partial charge >= 0.3 is 5.97 Å². The number of carboxylic acids is 1. The van der Waals surface area contributed by atoms with Crippen LogP contribution in [0.3, 0.4) is 0 Å². The third-order valence-corrected chi connectivity index (χ3v) is 2.63. The molecule has 0 aliphatic carbocycles. The van der Waals surface area contributed by atoms with Gasteiger partial charge in [-0.25, -0.2) is 9.18 Å². The molecule has 0 aliphatic heterocycles. The van der Waals surface area contributed by atoms with E-state index in [1.54, 1.807) is 6.07 Å². The van der Waals surface area contributed by atoms with Crippen LogP contribution in [-0.2, 0) is 0 Å². The van der Waals surface area contributed by atoms with Crippen molar-refractivity contribution in [3.8, 4) is 11.5 Å². The summed E-state index contributed by atoms with van der Waals surface area (Å²) in [5.74, 6) is -0.640. The molecule has 3 nitrogen and oxygen atoms in total. The van der Waals surface area contributed by atoms with Crippen LogP contribution in [0, 0.1) is 5.82 Å². The Labute approximate surface area is 111 Å². The molecule has 0 saturated heterocycles. The first-order valence-electron chi connectivity index (χ1n) is 5.02. The fourth-order valence-electron chi connectivity index (χ4n) is 1.39. The molecule has 0 radical (unpaired) electrons. The Bertz CT molecular complexity index is 561. The molecule has 0 amide bonds. The minimum atomic E-state index is -1.00. The third kappa shape index (κ3) is 3.07. The van der Waals surface area contributed by atoms with Crippen LogP contribution in [0.15, 0.2) is 46.9 Å². The van der Waals surface area contributed by atoms with Gasteiger partial charge in [-0.15, -0.1) is 0 Å². The minimum absolute atomic E-state index is 0.169. The lowest BCUT2D eigenvalue weighted by Gasteiger charge is -2.06. The zero-order chi connectivity index (χ0) is 13.1. The number of hydrogen-bond donors (Lipinski definition) is 1. The Morgan fingerprint density at radius 3 is 2.33 bits per heavy atom. The Morgan fingerprint density at radius 1 is 1.11 bits per heavy atom. The fraction of sp³-hybridized carbons (Fsp3) is 0. The number of halogens is 2. The summed E-state index contributed by atoms with van der Waals surface area (Å²) in [6.45, 7) is 0. The van der Waals surface area contributed by atoms with E-state index in [1.165, 1.54) is 36.4 Å². The van der Waals surface area contributed by atoms with Gasteiger partial charge in [0.15, 0.2) is 0 Å². The number of benzene rings is 2. The van der Waals surface area contributed by atoms with Crippen molar-refractivity contribution in [2.75, 3.05) is 0 Å². The molecule has 2 aromatic rings. The smallest absolute Gasteiger partial charge is 0.335 e. The number of carbonyl (C=O) groups is 1. The van der Waals surface area contributed by atoms with E-state index in [4.69, 9.17) is 9.84 Å². The molecule has 0 aliphatic rings. The van der Waals surface area contributed by atoms with Crippen LogP contribution in [0.4, 0.5) is 4.39 Å². The molecular weight excluding hydrogens is 303 g/mol. The second-order valence-electron chi connectivity index (χ2n) is 3.54. The van der Waals surface area contributed by atoms with E-state index >= 15 is 0 Å². The van der Waals surface area contributed by atoms with Gasteiger partial charge in [-0.3, -0.25) is 0 Å². The number of aromatic carboxylic acids is 1. The summed E-state index contributed by atoms with van der Waals surface area (Å²) in [6, 6.07) is 10.1. The summed E-state index contributed by atoms with van der Waals surface area (Å²) in [7, 11) is 0. The molecule has 0 aromatic heterocycles. The Kier molecular flexibility index (Phi) is 3.62. The number of hydrogen-bond acceptors (Lipinski definition) is 2. The summed E-state index contributed by atoms with van der Waals surface area (Å²) in [5, 5.41) is 8.74. The maximum Gasteiger partial charge on any atom is 0.335 e. The number of carboxylic acid groups (broad SMARTS) is 1. The van der Waals surface area contributed by atoms with Gasteiger partial charge in [-0.1, -0.05) is 15.9 Å². The van der Waals surface area contributed by atoms with Crippen molar-refractivity contribution in [3.05, 3.63) is 58.3 Å². The molecule has 2 rings (SSSR count).